The number of carbonyl (C=O) groups excluding carboxylic acids is 1. The zero-order valence-electron chi connectivity index (χ0n) is 16.0. The lowest BCUT2D eigenvalue weighted by Crippen LogP contribution is -2.46. The molecule has 8 nitrogen and oxygen atoms in total. The summed E-state index contributed by atoms with van der Waals surface area (Å²) in [5.74, 6) is -0.0529. The van der Waals surface area contributed by atoms with E-state index in [0.29, 0.717) is 29.8 Å². The average molecular weight is 384 g/mol. The predicted octanol–water partition coefficient (Wildman–Crippen LogP) is 2.58. The normalized spacial score (nSPS) is 19.8. The van der Waals surface area contributed by atoms with Gasteiger partial charge in [0.2, 0.25) is 11.5 Å². The largest absolute Gasteiger partial charge is 0.335 e. The zero-order chi connectivity index (χ0) is 19.9. The van der Waals surface area contributed by atoms with Crippen molar-refractivity contribution in [1.29, 1.82) is 0 Å². The maximum atomic E-state index is 15.7. The quantitative estimate of drug-likeness (QED) is 0.689. The molecule has 9 heteroatoms. The van der Waals surface area contributed by atoms with Crippen LogP contribution in [-0.2, 0) is 12.7 Å². The number of aromatic nitrogens is 5. The highest BCUT2D eigenvalue weighted by Gasteiger charge is 2.44. The smallest absolute Gasteiger partial charge is 0.266 e. The van der Waals surface area contributed by atoms with Crippen LogP contribution in [0.1, 0.15) is 40.5 Å². The van der Waals surface area contributed by atoms with Crippen molar-refractivity contribution in [2.24, 2.45) is 7.05 Å². The molecule has 0 bridgehead atoms. The Labute approximate surface area is 161 Å². The number of alkyl halides is 1. The van der Waals surface area contributed by atoms with E-state index < -0.39 is 5.67 Å². The zero-order valence-corrected chi connectivity index (χ0v) is 16.0. The van der Waals surface area contributed by atoms with Crippen LogP contribution in [0.2, 0.25) is 0 Å². The first-order valence-electron chi connectivity index (χ1n) is 9.12. The van der Waals surface area contributed by atoms with Crippen molar-refractivity contribution in [2.75, 3.05) is 13.1 Å². The number of nitrogens with zero attached hydrogens (tertiary/aromatic N) is 6. The number of aryl methyl sites for hydroxylation is 2. The molecule has 4 rings (SSSR count). The summed E-state index contributed by atoms with van der Waals surface area (Å²) in [6, 6.07) is 3.52. The highest BCUT2D eigenvalue weighted by atomic mass is 19.1. The summed E-state index contributed by atoms with van der Waals surface area (Å²) in [5.41, 5.74) is 0.677. The summed E-state index contributed by atoms with van der Waals surface area (Å²) in [7, 11) is 1.78. The molecule has 1 aliphatic heterocycles. The summed E-state index contributed by atoms with van der Waals surface area (Å²) in [4.78, 5) is 22.8. The van der Waals surface area contributed by atoms with Crippen LogP contribution in [0.5, 0.6) is 0 Å². The SMILES string of the molecule is Cc1nn(C)c(C)c1C(=O)N1CCCC(F)(c2nc(-c3cccnc3)no2)C1. The summed E-state index contributed by atoms with van der Waals surface area (Å²) in [6.45, 7) is 3.96. The van der Waals surface area contributed by atoms with Crippen LogP contribution in [0.4, 0.5) is 4.39 Å². The number of pyridine rings is 1. The van der Waals surface area contributed by atoms with Crippen LogP contribution in [-0.4, -0.2) is 48.8 Å². The molecule has 28 heavy (non-hydrogen) atoms. The topological polar surface area (TPSA) is 89.9 Å². The average Bonchev–Trinajstić information content (AvgIpc) is 3.28. The van der Waals surface area contributed by atoms with Gasteiger partial charge in [0, 0.05) is 37.2 Å². The first kappa shape index (κ1) is 18.3. The number of halogens is 1. The van der Waals surface area contributed by atoms with E-state index in [1.54, 1.807) is 43.2 Å². The fourth-order valence-corrected chi connectivity index (χ4v) is 3.62. The number of piperidine rings is 1. The Balaban J connectivity index is 1.59. The standard InChI is InChI=1S/C19H21FN6O2/c1-12-15(13(2)25(3)23-12)17(27)26-9-5-7-19(20,11-26)18-22-16(24-28-18)14-6-4-8-21-10-14/h4,6,8,10H,5,7,9,11H2,1-3H3. The molecule has 1 amide bonds. The summed E-state index contributed by atoms with van der Waals surface area (Å²) in [6.07, 6.45) is 3.94. The molecule has 1 aliphatic rings. The van der Waals surface area contributed by atoms with E-state index in [1.165, 1.54) is 4.90 Å². The Morgan fingerprint density at radius 2 is 2.18 bits per heavy atom. The third-order valence-corrected chi connectivity index (χ3v) is 5.18. The van der Waals surface area contributed by atoms with Gasteiger partial charge in [-0.1, -0.05) is 5.16 Å². The maximum Gasteiger partial charge on any atom is 0.266 e. The summed E-state index contributed by atoms with van der Waals surface area (Å²) >= 11 is 0. The second-order valence-corrected chi connectivity index (χ2v) is 7.13. The predicted molar refractivity (Wildman–Crippen MR) is 98.1 cm³/mol. The van der Waals surface area contributed by atoms with Crippen molar-refractivity contribution in [3.8, 4) is 11.4 Å². The summed E-state index contributed by atoms with van der Waals surface area (Å²) in [5, 5.41) is 8.17. The highest BCUT2D eigenvalue weighted by Crippen LogP contribution is 2.36. The lowest BCUT2D eigenvalue weighted by Gasteiger charge is -2.35. The molecule has 0 aromatic carbocycles. The second kappa shape index (κ2) is 6.81. The highest BCUT2D eigenvalue weighted by molar-refractivity contribution is 5.96. The van der Waals surface area contributed by atoms with Crippen molar-refractivity contribution in [3.05, 3.63) is 47.4 Å². The Hall–Kier alpha value is -3.10. The lowest BCUT2D eigenvalue weighted by atomic mass is 9.93. The van der Waals surface area contributed by atoms with Crippen LogP contribution in [0, 0.1) is 13.8 Å². The van der Waals surface area contributed by atoms with Crippen LogP contribution >= 0.6 is 0 Å². The van der Waals surface area contributed by atoms with Crippen molar-refractivity contribution < 1.29 is 13.7 Å². The maximum absolute atomic E-state index is 15.7. The van der Waals surface area contributed by atoms with Crippen LogP contribution in [0.25, 0.3) is 11.4 Å². The first-order valence-corrected chi connectivity index (χ1v) is 9.12. The molecule has 0 N–H and O–H groups in total. The molecule has 0 aliphatic carbocycles. The van der Waals surface area contributed by atoms with Crippen molar-refractivity contribution >= 4 is 5.91 Å². The Bertz CT molecular complexity index is 1010. The van der Waals surface area contributed by atoms with Gasteiger partial charge in [-0.25, -0.2) is 4.39 Å². The minimum absolute atomic E-state index is 0.108. The summed E-state index contributed by atoms with van der Waals surface area (Å²) < 4.78 is 22.6. The van der Waals surface area contributed by atoms with E-state index >= 15 is 4.39 Å². The van der Waals surface area contributed by atoms with Crippen LogP contribution in [0.15, 0.2) is 29.0 Å². The van der Waals surface area contributed by atoms with Crippen LogP contribution in [0.3, 0.4) is 0 Å². The van der Waals surface area contributed by atoms with Gasteiger partial charge < -0.3 is 9.42 Å². The molecule has 3 aromatic heterocycles. The van der Waals surface area contributed by atoms with Gasteiger partial charge >= 0.3 is 0 Å². The fraction of sp³-hybridized carbons (Fsp3) is 0.421. The Kier molecular flexibility index (Phi) is 4.44. The minimum atomic E-state index is -1.88. The van der Waals surface area contributed by atoms with Crippen LogP contribution < -0.4 is 0 Å². The Morgan fingerprint density at radius 1 is 1.36 bits per heavy atom. The molecule has 3 aromatic rings. The van der Waals surface area contributed by atoms with E-state index in [1.807, 2.05) is 6.92 Å². The van der Waals surface area contributed by atoms with Crippen molar-refractivity contribution in [1.82, 2.24) is 29.8 Å². The third-order valence-electron chi connectivity index (χ3n) is 5.18. The third kappa shape index (κ3) is 3.06. The molecule has 1 saturated heterocycles. The molecule has 1 atom stereocenters. The fourth-order valence-electron chi connectivity index (χ4n) is 3.62. The van der Waals surface area contributed by atoms with Gasteiger partial charge in [-0.2, -0.15) is 10.1 Å². The number of rotatable bonds is 3. The number of likely N-dealkylation sites (tertiary alicyclic amines) is 1. The van der Waals surface area contributed by atoms with Gasteiger partial charge in [-0.05, 0) is 38.8 Å². The molecule has 146 valence electrons. The number of hydrogen-bond acceptors (Lipinski definition) is 6. The first-order chi connectivity index (χ1) is 13.4. The molecular formula is C19H21FN6O2. The molecule has 4 heterocycles. The monoisotopic (exact) mass is 384 g/mol. The minimum Gasteiger partial charge on any atom is -0.335 e. The van der Waals surface area contributed by atoms with Gasteiger partial charge in [-0.15, -0.1) is 0 Å². The molecule has 0 radical (unpaired) electrons. The van der Waals surface area contributed by atoms with Crippen molar-refractivity contribution in [3.63, 3.8) is 0 Å². The van der Waals surface area contributed by atoms with E-state index in [0.717, 1.165) is 5.69 Å². The van der Waals surface area contributed by atoms with Crippen molar-refractivity contribution in [2.45, 2.75) is 32.4 Å². The lowest BCUT2D eigenvalue weighted by molar-refractivity contribution is 0.0151. The van der Waals surface area contributed by atoms with Gasteiger partial charge in [0.05, 0.1) is 17.8 Å². The molecule has 0 saturated carbocycles. The van der Waals surface area contributed by atoms with Gasteiger partial charge in [0.15, 0.2) is 0 Å². The molecule has 1 fully saturated rings. The van der Waals surface area contributed by atoms with E-state index in [2.05, 4.69) is 20.2 Å². The molecular weight excluding hydrogens is 363 g/mol. The number of carbonyl (C=O) groups is 1. The Morgan fingerprint density at radius 3 is 2.86 bits per heavy atom. The number of amides is 1. The van der Waals surface area contributed by atoms with E-state index in [-0.39, 0.29) is 30.6 Å². The van der Waals surface area contributed by atoms with Gasteiger partial charge in [-0.3, -0.25) is 14.5 Å². The van der Waals surface area contributed by atoms with E-state index in [4.69, 9.17) is 4.52 Å². The second-order valence-electron chi connectivity index (χ2n) is 7.13. The van der Waals surface area contributed by atoms with Gasteiger partial charge in [0.1, 0.15) is 0 Å². The molecule has 0 spiro atoms. The van der Waals surface area contributed by atoms with Gasteiger partial charge in [0.25, 0.3) is 11.8 Å². The molecule has 1 unspecified atom stereocenters. The van der Waals surface area contributed by atoms with E-state index in [9.17, 15) is 4.79 Å². The number of hydrogen-bond donors (Lipinski definition) is 0.